The predicted octanol–water partition coefficient (Wildman–Crippen LogP) is 2.83. The van der Waals surface area contributed by atoms with Crippen molar-refractivity contribution < 1.29 is 14.3 Å². The van der Waals surface area contributed by atoms with E-state index in [0.717, 1.165) is 48.3 Å². The minimum Gasteiger partial charge on any atom is -0.454 e. The highest BCUT2D eigenvalue weighted by atomic mass is 16.7. The molecule has 4 nitrogen and oxygen atoms in total. The monoisotopic (exact) mass is 245 g/mol. The first-order valence-electron chi connectivity index (χ1n) is 6.25. The Morgan fingerprint density at radius 1 is 1.28 bits per heavy atom. The van der Waals surface area contributed by atoms with E-state index in [2.05, 4.69) is 4.99 Å². The fourth-order valence-corrected chi connectivity index (χ4v) is 3.11. The summed E-state index contributed by atoms with van der Waals surface area (Å²) in [6.07, 6.45) is 5.66. The van der Waals surface area contributed by atoms with Crippen molar-refractivity contribution in [2.45, 2.75) is 38.1 Å². The lowest BCUT2D eigenvalue weighted by atomic mass is 9.85. The number of hydrogen-bond donors (Lipinski definition) is 0. The Kier molecular flexibility index (Phi) is 2.60. The number of ether oxygens (including phenoxy) is 2. The lowest BCUT2D eigenvalue weighted by molar-refractivity contribution is 0.172. The topological polar surface area (TPSA) is 47.9 Å². The number of nitrogens with zero attached hydrogens (tertiary/aromatic N) is 1. The van der Waals surface area contributed by atoms with Gasteiger partial charge in [-0.25, -0.2) is 4.79 Å². The summed E-state index contributed by atoms with van der Waals surface area (Å²) in [5.74, 6) is 1.51. The van der Waals surface area contributed by atoms with Gasteiger partial charge in [-0.1, -0.05) is 18.9 Å². The minimum absolute atomic E-state index is 0.243. The van der Waals surface area contributed by atoms with Gasteiger partial charge in [0, 0.05) is 5.56 Å². The lowest BCUT2D eigenvalue weighted by Crippen LogP contribution is -2.21. The van der Waals surface area contributed by atoms with Crippen molar-refractivity contribution in [2.75, 3.05) is 6.79 Å². The molecule has 0 aromatic heterocycles. The molecule has 2 aliphatic rings. The second-order valence-electron chi connectivity index (χ2n) is 4.93. The molecule has 0 saturated heterocycles. The van der Waals surface area contributed by atoms with Crippen LogP contribution in [0, 0.1) is 6.92 Å². The fraction of sp³-hybridized carbons (Fsp3) is 0.500. The van der Waals surface area contributed by atoms with Gasteiger partial charge >= 0.3 is 0 Å². The molecule has 1 aromatic carbocycles. The van der Waals surface area contributed by atoms with Crippen LogP contribution in [0.4, 0.5) is 0 Å². The van der Waals surface area contributed by atoms with E-state index in [1.54, 1.807) is 6.08 Å². The largest absolute Gasteiger partial charge is 0.454 e. The SMILES string of the molecule is Cc1ccc2c(c1C1(N=C=O)CCCC1)OCO2. The zero-order valence-corrected chi connectivity index (χ0v) is 10.4. The maximum Gasteiger partial charge on any atom is 0.235 e. The molecule has 1 aromatic rings. The summed E-state index contributed by atoms with van der Waals surface area (Å²) in [4.78, 5) is 14.9. The summed E-state index contributed by atoms with van der Waals surface area (Å²) in [5.41, 5.74) is 1.66. The number of rotatable bonds is 2. The van der Waals surface area contributed by atoms with Crippen LogP contribution in [-0.4, -0.2) is 12.9 Å². The Labute approximate surface area is 106 Å². The van der Waals surface area contributed by atoms with Gasteiger partial charge < -0.3 is 9.47 Å². The Bertz CT molecular complexity index is 526. The standard InChI is InChI=1S/C14H15NO3/c1-10-4-5-11-13(18-9-17-11)12(10)14(15-8-16)6-2-3-7-14/h4-5H,2-3,6-7,9H2,1H3. The van der Waals surface area contributed by atoms with E-state index in [4.69, 9.17) is 9.47 Å². The van der Waals surface area contributed by atoms with Crippen LogP contribution in [-0.2, 0) is 10.3 Å². The van der Waals surface area contributed by atoms with Crippen LogP contribution < -0.4 is 9.47 Å². The average Bonchev–Trinajstić information content (AvgIpc) is 2.98. The van der Waals surface area contributed by atoms with Crippen molar-refractivity contribution in [3.8, 4) is 11.5 Å². The third kappa shape index (κ3) is 1.53. The van der Waals surface area contributed by atoms with E-state index in [1.165, 1.54) is 0 Å². The molecule has 18 heavy (non-hydrogen) atoms. The van der Waals surface area contributed by atoms with Gasteiger partial charge in [-0.3, -0.25) is 0 Å². The second-order valence-corrected chi connectivity index (χ2v) is 4.93. The van der Waals surface area contributed by atoms with Crippen molar-refractivity contribution in [1.82, 2.24) is 0 Å². The van der Waals surface area contributed by atoms with E-state index >= 15 is 0 Å². The van der Waals surface area contributed by atoms with E-state index in [9.17, 15) is 4.79 Å². The van der Waals surface area contributed by atoms with Crippen LogP contribution in [0.2, 0.25) is 0 Å². The molecule has 0 unspecified atom stereocenters. The smallest absolute Gasteiger partial charge is 0.235 e. The first-order chi connectivity index (χ1) is 8.77. The third-order valence-electron chi connectivity index (χ3n) is 3.90. The second kappa shape index (κ2) is 4.14. The third-order valence-corrected chi connectivity index (χ3v) is 3.90. The van der Waals surface area contributed by atoms with Gasteiger partial charge in [0.1, 0.15) is 5.54 Å². The molecule has 0 bridgehead atoms. The molecule has 3 rings (SSSR count). The molecule has 4 heteroatoms. The fourth-order valence-electron chi connectivity index (χ4n) is 3.11. The van der Waals surface area contributed by atoms with Crippen molar-refractivity contribution >= 4 is 6.08 Å². The molecule has 1 aliphatic carbocycles. The molecule has 1 fully saturated rings. The Morgan fingerprint density at radius 2 is 2.06 bits per heavy atom. The summed E-state index contributed by atoms with van der Waals surface area (Å²) in [6, 6.07) is 3.91. The predicted molar refractivity (Wildman–Crippen MR) is 65.6 cm³/mol. The molecular formula is C14H15NO3. The van der Waals surface area contributed by atoms with Crippen molar-refractivity contribution in [3.63, 3.8) is 0 Å². The van der Waals surface area contributed by atoms with E-state index in [0.29, 0.717) is 0 Å². The van der Waals surface area contributed by atoms with E-state index in [-0.39, 0.29) is 6.79 Å². The lowest BCUT2D eigenvalue weighted by Gasteiger charge is -2.26. The first kappa shape index (κ1) is 11.3. The minimum atomic E-state index is -0.453. The van der Waals surface area contributed by atoms with Gasteiger partial charge in [-0.2, -0.15) is 4.99 Å². The van der Waals surface area contributed by atoms with Crippen LogP contribution in [0.15, 0.2) is 17.1 Å². The number of carbonyl (C=O) groups excluding carboxylic acids is 1. The summed E-state index contributed by atoms with van der Waals surface area (Å²) >= 11 is 0. The van der Waals surface area contributed by atoms with Crippen molar-refractivity contribution in [2.24, 2.45) is 4.99 Å². The normalized spacial score (nSPS) is 19.6. The first-order valence-corrected chi connectivity index (χ1v) is 6.25. The van der Waals surface area contributed by atoms with Crippen molar-refractivity contribution in [1.29, 1.82) is 0 Å². The number of hydrogen-bond acceptors (Lipinski definition) is 4. The van der Waals surface area contributed by atoms with Crippen molar-refractivity contribution in [3.05, 3.63) is 23.3 Å². The molecule has 94 valence electrons. The van der Waals surface area contributed by atoms with E-state index < -0.39 is 5.54 Å². The highest BCUT2D eigenvalue weighted by Crippen LogP contribution is 2.50. The Balaban J connectivity index is 2.21. The summed E-state index contributed by atoms with van der Waals surface area (Å²) in [6.45, 7) is 2.27. The molecule has 0 amide bonds. The van der Waals surface area contributed by atoms with Gasteiger partial charge in [0.25, 0.3) is 0 Å². The zero-order valence-electron chi connectivity index (χ0n) is 10.4. The molecule has 1 heterocycles. The number of aryl methyl sites for hydroxylation is 1. The highest BCUT2D eigenvalue weighted by Gasteiger charge is 2.41. The van der Waals surface area contributed by atoms with Crippen LogP contribution in [0.3, 0.4) is 0 Å². The van der Waals surface area contributed by atoms with Gasteiger partial charge in [0.05, 0.1) is 0 Å². The molecule has 1 saturated carbocycles. The molecular weight excluding hydrogens is 230 g/mol. The number of isocyanates is 1. The maximum absolute atomic E-state index is 10.8. The Morgan fingerprint density at radius 3 is 2.78 bits per heavy atom. The van der Waals surface area contributed by atoms with Gasteiger partial charge in [0.15, 0.2) is 11.5 Å². The molecule has 0 N–H and O–H groups in total. The number of aliphatic imine (C=N–C) groups is 1. The summed E-state index contributed by atoms with van der Waals surface area (Å²) in [7, 11) is 0. The maximum atomic E-state index is 10.8. The van der Waals surface area contributed by atoms with Crippen LogP contribution in [0.25, 0.3) is 0 Å². The van der Waals surface area contributed by atoms with Crippen LogP contribution in [0.5, 0.6) is 11.5 Å². The number of benzene rings is 1. The highest BCUT2D eigenvalue weighted by molar-refractivity contribution is 5.56. The Hall–Kier alpha value is -1.80. The quantitative estimate of drug-likeness (QED) is 0.594. The van der Waals surface area contributed by atoms with Gasteiger partial charge in [-0.05, 0) is 31.4 Å². The van der Waals surface area contributed by atoms with Crippen LogP contribution in [0.1, 0.15) is 36.8 Å². The molecule has 0 atom stereocenters. The molecule has 1 aliphatic heterocycles. The van der Waals surface area contributed by atoms with Gasteiger partial charge in [0.2, 0.25) is 12.9 Å². The van der Waals surface area contributed by atoms with Crippen LogP contribution >= 0.6 is 0 Å². The summed E-state index contributed by atoms with van der Waals surface area (Å²) in [5, 5.41) is 0. The van der Waals surface area contributed by atoms with Gasteiger partial charge in [-0.15, -0.1) is 0 Å². The van der Waals surface area contributed by atoms with E-state index in [1.807, 2.05) is 19.1 Å². The zero-order chi connectivity index (χ0) is 12.6. The number of fused-ring (bicyclic) bond motifs is 1. The average molecular weight is 245 g/mol. The molecule has 0 spiro atoms. The summed E-state index contributed by atoms with van der Waals surface area (Å²) < 4.78 is 11.0. The molecule has 0 radical (unpaired) electrons.